The summed E-state index contributed by atoms with van der Waals surface area (Å²) in [5.74, 6) is -1.23. The summed E-state index contributed by atoms with van der Waals surface area (Å²) in [4.78, 5) is 55.4. The van der Waals surface area contributed by atoms with Gasteiger partial charge in [0.25, 0.3) is 0 Å². The summed E-state index contributed by atoms with van der Waals surface area (Å²) in [6, 6.07) is 25.6. The Labute approximate surface area is 352 Å². The number of benzene rings is 4. The van der Waals surface area contributed by atoms with Gasteiger partial charge in [-0.3, -0.25) is 19.7 Å². The Hall–Kier alpha value is -6.12. The van der Waals surface area contributed by atoms with E-state index < -0.39 is 65.4 Å². The highest BCUT2D eigenvalue weighted by Gasteiger charge is 2.39. The Balaban J connectivity index is 1.62. The molecule has 4 amide bonds. The molecule has 4 aromatic carbocycles. The average Bonchev–Trinajstić information content (AvgIpc) is 3.23. The lowest BCUT2D eigenvalue weighted by Crippen LogP contribution is -2.63. The molecule has 0 fully saturated rings. The van der Waals surface area contributed by atoms with Crippen molar-refractivity contribution in [2.45, 2.75) is 91.0 Å². The Morgan fingerprint density at radius 1 is 0.667 bits per heavy atom. The van der Waals surface area contributed by atoms with E-state index in [-0.39, 0.29) is 31.9 Å². The smallest absolute Gasteiger partial charge is 0.408 e. The van der Waals surface area contributed by atoms with Gasteiger partial charge in [0.15, 0.2) is 0 Å². The number of aliphatic hydroxyl groups is 1. The van der Waals surface area contributed by atoms with E-state index in [4.69, 9.17) is 14.2 Å². The van der Waals surface area contributed by atoms with Crippen molar-refractivity contribution in [3.05, 3.63) is 125 Å². The zero-order chi connectivity index (χ0) is 43.8. The van der Waals surface area contributed by atoms with Gasteiger partial charge in [0.05, 0.1) is 26.4 Å². The van der Waals surface area contributed by atoms with Crippen LogP contribution in [0.3, 0.4) is 0 Å². The maximum absolute atomic E-state index is 14.4. The van der Waals surface area contributed by atoms with E-state index in [2.05, 4.69) is 26.6 Å². The second kappa shape index (κ2) is 22.3. The highest BCUT2D eigenvalue weighted by atomic mass is 16.5. The van der Waals surface area contributed by atoms with Crippen molar-refractivity contribution in [2.24, 2.45) is 11.3 Å². The van der Waals surface area contributed by atoms with E-state index in [0.29, 0.717) is 17.1 Å². The predicted molar refractivity (Wildman–Crippen MR) is 228 cm³/mol. The second-order valence-electron chi connectivity index (χ2n) is 16.0. The molecule has 0 bridgehead atoms. The maximum atomic E-state index is 14.4. The van der Waals surface area contributed by atoms with Crippen molar-refractivity contribution in [3.8, 4) is 17.2 Å². The minimum Gasteiger partial charge on any atom is -0.507 e. The Morgan fingerprint density at radius 3 is 1.88 bits per heavy atom. The minimum atomic E-state index is -1.57. The normalized spacial score (nSPS) is 13.8. The number of hydrogen-bond donors (Lipinski definition) is 7. The topological polar surface area (TPSA) is 197 Å². The molecule has 0 radical (unpaired) electrons. The summed E-state index contributed by atoms with van der Waals surface area (Å²) in [6.45, 7) is 8.98. The van der Waals surface area contributed by atoms with Crippen LogP contribution in [-0.2, 0) is 45.2 Å². The molecule has 4 aromatic rings. The first-order valence-corrected chi connectivity index (χ1v) is 19.9. The Bertz CT molecular complexity index is 2010. The SMILES string of the molecule is COc1cccc(CN[C@@H](C(=O)N[C@H](C(=O)NCc2ccc(OC)cc2O)C(C)C)[C@H](O)[C@H](Cc2ccccc2)NC(=O)[C@@H](NC(=O)OCc2ccccc2)C(C)(C)C)c1. The van der Waals surface area contributed by atoms with Crippen LogP contribution < -0.4 is 36.1 Å². The second-order valence-corrected chi connectivity index (χ2v) is 16.0. The molecule has 14 heteroatoms. The number of aliphatic hydroxyl groups excluding tert-OH is 1. The number of ether oxygens (including phenoxy) is 3. The molecule has 5 atom stereocenters. The molecule has 0 aliphatic carbocycles. The zero-order valence-corrected chi connectivity index (χ0v) is 35.4. The lowest BCUT2D eigenvalue weighted by molar-refractivity contribution is -0.134. The third kappa shape index (κ3) is 14.0. The first-order chi connectivity index (χ1) is 28.6. The number of rotatable bonds is 20. The molecule has 322 valence electrons. The van der Waals surface area contributed by atoms with Crippen molar-refractivity contribution < 1.29 is 43.6 Å². The summed E-state index contributed by atoms with van der Waals surface area (Å²) in [6.07, 6.45) is -2.27. The van der Waals surface area contributed by atoms with Gasteiger partial charge in [-0.25, -0.2) is 4.79 Å². The lowest BCUT2D eigenvalue weighted by Gasteiger charge is -2.35. The first kappa shape index (κ1) is 46.6. The van der Waals surface area contributed by atoms with Gasteiger partial charge in [-0.1, -0.05) is 107 Å². The number of hydrogen-bond acceptors (Lipinski definition) is 10. The van der Waals surface area contributed by atoms with Crippen LogP contribution in [0.5, 0.6) is 17.2 Å². The van der Waals surface area contributed by atoms with Crippen molar-refractivity contribution >= 4 is 23.8 Å². The zero-order valence-electron chi connectivity index (χ0n) is 35.4. The molecule has 4 rings (SSSR count). The molecule has 0 unspecified atom stereocenters. The number of carbonyl (C=O) groups excluding carboxylic acids is 4. The fourth-order valence-electron chi connectivity index (χ4n) is 6.45. The fourth-order valence-corrected chi connectivity index (χ4v) is 6.45. The predicted octanol–water partition coefficient (Wildman–Crippen LogP) is 4.75. The van der Waals surface area contributed by atoms with Crippen LogP contribution in [0.2, 0.25) is 0 Å². The van der Waals surface area contributed by atoms with Gasteiger partial charge in [-0.2, -0.15) is 0 Å². The molecule has 0 aromatic heterocycles. The van der Waals surface area contributed by atoms with E-state index in [1.54, 1.807) is 72.1 Å². The molecule has 0 aliphatic heterocycles. The summed E-state index contributed by atoms with van der Waals surface area (Å²) < 4.78 is 16.0. The molecule has 0 spiro atoms. The van der Waals surface area contributed by atoms with E-state index >= 15 is 0 Å². The summed E-state index contributed by atoms with van der Waals surface area (Å²) >= 11 is 0. The van der Waals surface area contributed by atoms with Crippen molar-refractivity contribution in [1.82, 2.24) is 26.6 Å². The van der Waals surface area contributed by atoms with Crippen LogP contribution in [0.25, 0.3) is 0 Å². The van der Waals surface area contributed by atoms with E-state index in [1.807, 2.05) is 66.7 Å². The molecule has 0 heterocycles. The average molecular weight is 826 g/mol. The molecule has 0 saturated carbocycles. The molecule has 0 aliphatic rings. The molecular weight excluding hydrogens is 767 g/mol. The van der Waals surface area contributed by atoms with Gasteiger partial charge < -0.3 is 45.7 Å². The van der Waals surface area contributed by atoms with Crippen molar-refractivity contribution in [1.29, 1.82) is 0 Å². The standard InChI is InChI=1S/C46H59N5O9/c1-29(2)38(42(54)48-27-33-21-22-35(59-7)25-37(33)52)50-43(55)39(47-26-32-19-14-20-34(23-32)58-6)40(53)36(24-30-15-10-8-11-16-30)49-44(56)41(46(3,4)5)51-45(57)60-28-31-17-12-9-13-18-31/h8-23,25,29,36,38-41,47,52-53H,24,26-28H2,1-7H3,(H,48,54)(H,49,56)(H,50,55)(H,51,57)/t36-,38-,39+,40+,41+/m0/s1. The van der Waals surface area contributed by atoms with Gasteiger partial charge in [0, 0.05) is 24.7 Å². The molecule has 7 N–H and O–H groups in total. The van der Waals surface area contributed by atoms with Gasteiger partial charge in [0.2, 0.25) is 17.7 Å². The number of amides is 4. The van der Waals surface area contributed by atoms with Gasteiger partial charge in [0.1, 0.15) is 42.0 Å². The third-order valence-electron chi connectivity index (χ3n) is 9.92. The Kier molecular flexibility index (Phi) is 17.3. The van der Waals surface area contributed by atoms with Crippen LogP contribution in [-0.4, -0.2) is 78.5 Å². The van der Waals surface area contributed by atoms with Crippen LogP contribution in [0, 0.1) is 11.3 Å². The summed E-state index contributed by atoms with van der Waals surface area (Å²) in [5, 5.41) is 37.2. The van der Waals surface area contributed by atoms with Crippen molar-refractivity contribution in [2.75, 3.05) is 14.2 Å². The molecule has 14 nitrogen and oxygen atoms in total. The van der Waals surface area contributed by atoms with E-state index in [9.17, 15) is 29.4 Å². The Morgan fingerprint density at radius 2 is 1.28 bits per heavy atom. The summed E-state index contributed by atoms with van der Waals surface area (Å²) in [5.41, 5.74) is 1.91. The lowest BCUT2D eigenvalue weighted by atomic mass is 9.85. The number of phenolic OH excluding ortho intramolecular Hbond substituents is 1. The highest BCUT2D eigenvalue weighted by molar-refractivity contribution is 5.91. The minimum absolute atomic E-state index is 0.00437. The van der Waals surface area contributed by atoms with E-state index in [0.717, 1.165) is 16.7 Å². The first-order valence-electron chi connectivity index (χ1n) is 19.9. The van der Waals surface area contributed by atoms with Crippen molar-refractivity contribution in [3.63, 3.8) is 0 Å². The third-order valence-corrected chi connectivity index (χ3v) is 9.92. The van der Waals surface area contributed by atoms with Crippen LogP contribution in [0.4, 0.5) is 4.79 Å². The number of alkyl carbamates (subject to hydrolysis) is 1. The number of nitrogens with one attached hydrogen (secondary N) is 5. The van der Waals surface area contributed by atoms with Crippen LogP contribution >= 0.6 is 0 Å². The quantitative estimate of drug-likeness (QED) is 0.0654. The number of methoxy groups -OCH3 is 2. The van der Waals surface area contributed by atoms with Gasteiger partial charge in [-0.05, 0) is 58.7 Å². The monoisotopic (exact) mass is 825 g/mol. The largest absolute Gasteiger partial charge is 0.507 e. The van der Waals surface area contributed by atoms with Crippen LogP contribution in [0.1, 0.15) is 56.9 Å². The van der Waals surface area contributed by atoms with E-state index in [1.165, 1.54) is 13.2 Å². The van der Waals surface area contributed by atoms with Crippen LogP contribution in [0.15, 0.2) is 103 Å². The number of phenols is 1. The summed E-state index contributed by atoms with van der Waals surface area (Å²) in [7, 11) is 3.02. The molecular formula is C46H59N5O9. The number of carbonyl (C=O) groups is 4. The number of aromatic hydroxyl groups is 1. The fraction of sp³-hybridized carbons (Fsp3) is 0.391. The maximum Gasteiger partial charge on any atom is 0.408 e. The van der Waals surface area contributed by atoms with Gasteiger partial charge >= 0.3 is 6.09 Å². The highest BCUT2D eigenvalue weighted by Crippen LogP contribution is 2.24. The molecule has 0 saturated heterocycles. The molecule has 60 heavy (non-hydrogen) atoms. The van der Waals surface area contributed by atoms with Gasteiger partial charge in [-0.15, -0.1) is 0 Å².